The molecule has 0 aromatic heterocycles. The zero-order chi connectivity index (χ0) is 21.0. The fourth-order valence-corrected chi connectivity index (χ4v) is 5.25. The van der Waals surface area contributed by atoms with Crippen molar-refractivity contribution in [2.24, 2.45) is 0 Å². The Bertz CT molecular complexity index is 1080. The molecule has 5 rings (SSSR count). The Morgan fingerprint density at radius 2 is 1.68 bits per heavy atom. The van der Waals surface area contributed by atoms with Crippen molar-refractivity contribution in [3.8, 4) is 0 Å². The SMILES string of the molecule is CCCc1ccc(/C=C2\C=C(CCN3CCOCC3)C3=C2CC=CC3)c2ccccc12. The Morgan fingerprint density at radius 1 is 0.903 bits per heavy atom. The number of nitrogens with zero attached hydrogens (tertiary/aromatic N) is 1. The summed E-state index contributed by atoms with van der Waals surface area (Å²) >= 11 is 0. The third-order valence-electron chi connectivity index (χ3n) is 6.92. The minimum absolute atomic E-state index is 0.877. The smallest absolute Gasteiger partial charge is 0.0594 e. The monoisotopic (exact) mass is 411 g/mol. The molecular weight excluding hydrogens is 378 g/mol. The van der Waals surface area contributed by atoms with Crippen molar-refractivity contribution >= 4 is 16.8 Å². The number of hydrogen-bond donors (Lipinski definition) is 0. The first kappa shape index (κ1) is 20.5. The van der Waals surface area contributed by atoms with Crippen LogP contribution >= 0.6 is 0 Å². The first-order valence-corrected chi connectivity index (χ1v) is 11.9. The van der Waals surface area contributed by atoms with Gasteiger partial charge in [-0.25, -0.2) is 0 Å². The highest BCUT2D eigenvalue weighted by Crippen LogP contribution is 2.40. The van der Waals surface area contributed by atoms with Crippen LogP contribution in [0.15, 0.2) is 76.9 Å². The highest BCUT2D eigenvalue weighted by Gasteiger charge is 2.23. The van der Waals surface area contributed by atoms with Crippen molar-refractivity contribution in [1.29, 1.82) is 0 Å². The van der Waals surface area contributed by atoms with Gasteiger partial charge in [-0.3, -0.25) is 4.90 Å². The van der Waals surface area contributed by atoms with Gasteiger partial charge in [0.05, 0.1) is 13.2 Å². The number of morpholine rings is 1. The fourth-order valence-electron chi connectivity index (χ4n) is 5.25. The van der Waals surface area contributed by atoms with Crippen molar-refractivity contribution < 1.29 is 4.74 Å². The molecule has 2 aliphatic carbocycles. The summed E-state index contributed by atoms with van der Waals surface area (Å²) in [5.74, 6) is 0. The molecule has 3 aliphatic rings. The van der Waals surface area contributed by atoms with Gasteiger partial charge in [0.25, 0.3) is 0 Å². The van der Waals surface area contributed by atoms with Crippen LogP contribution < -0.4 is 0 Å². The van der Waals surface area contributed by atoms with E-state index >= 15 is 0 Å². The lowest BCUT2D eigenvalue weighted by atomic mass is 9.91. The number of aryl methyl sites for hydroxylation is 1. The molecule has 0 radical (unpaired) electrons. The van der Waals surface area contributed by atoms with Crippen LogP contribution in [0.3, 0.4) is 0 Å². The number of benzene rings is 2. The molecule has 2 heteroatoms. The lowest BCUT2D eigenvalue weighted by Gasteiger charge is -2.27. The van der Waals surface area contributed by atoms with E-state index in [0.29, 0.717) is 0 Å². The van der Waals surface area contributed by atoms with E-state index in [4.69, 9.17) is 4.74 Å². The molecule has 0 spiro atoms. The highest BCUT2D eigenvalue weighted by atomic mass is 16.5. The quantitative estimate of drug-likeness (QED) is 0.504. The summed E-state index contributed by atoms with van der Waals surface area (Å²) in [6.07, 6.45) is 15.2. The summed E-state index contributed by atoms with van der Waals surface area (Å²) in [6.45, 7) is 7.29. The van der Waals surface area contributed by atoms with Gasteiger partial charge in [-0.2, -0.15) is 0 Å². The molecule has 2 aromatic rings. The minimum atomic E-state index is 0.877. The normalized spacial score (nSPS) is 20.5. The van der Waals surface area contributed by atoms with Crippen molar-refractivity contribution in [3.05, 3.63) is 88.0 Å². The summed E-state index contributed by atoms with van der Waals surface area (Å²) in [4.78, 5) is 2.55. The first-order valence-electron chi connectivity index (χ1n) is 11.9. The van der Waals surface area contributed by atoms with Crippen molar-refractivity contribution in [2.75, 3.05) is 32.8 Å². The molecule has 1 fully saturated rings. The van der Waals surface area contributed by atoms with Gasteiger partial charge in [0, 0.05) is 19.6 Å². The summed E-state index contributed by atoms with van der Waals surface area (Å²) in [5.41, 5.74) is 8.90. The van der Waals surface area contributed by atoms with Crippen LogP contribution in [0, 0.1) is 0 Å². The molecule has 160 valence electrons. The summed E-state index contributed by atoms with van der Waals surface area (Å²) in [7, 11) is 0. The van der Waals surface area contributed by atoms with Gasteiger partial charge in [-0.05, 0) is 76.0 Å². The Kier molecular flexibility index (Phi) is 6.20. The molecule has 0 saturated carbocycles. The van der Waals surface area contributed by atoms with Crippen molar-refractivity contribution in [3.63, 3.8) is 0 Å². The number of fused-ring (bicyclic) bond motifs is 1. The van der Waals surface area contributed by atoms with Crippen LogP contribution in [-0.2, 0) is 11.2 Å². The second-order valence-electron chi connectivity index (χ2n) is 8.92. The summed E-state index contributed by atoms with van der Waals surface area (Å²) in [6, 6.07) is 13.6. The van der Waals surface area contributed by atoms with Crippen LogP contribution in [0.4, 0.5) is 0 Å². The third-order valence-corrected chi connectivity index (χ3v) is 6.92. The molecule has 0 unspecified atom stereocenters. The topological polar surface area (TPSA) is 12.5 Å². The van der Waals surface area contributed by atoms with Gasteiger partial charge in [0.1, 0.15) is 0 Å². The zero-order valence-electron chi connectivity index (χ0n) is 18.7. The molecule has 2 nitrogen and oxygen atoms in total. The number of rotatable bonds is 6. The van der Waals surface area contributed by atoms with Crippen LogP contribution in [0.25, 0.3) is 16.8 Å². The molecule has 0 N–H and O–H groups in total. The van der Waals surface area contributed by atoms with E-state index in [9.17, 15) is 0 Å². The van der Waals surface area contributed by atoms with Gasteiger partial charge >= 0.3 is 0 Å². The van der Waals surface area contributed by atoms with Gasteiger partial charge in [-0.15, -0.1) is 0 Å². The van der Waals surface area contributed by atoms with Crippen molar-refractivity contribution in [1.82, 2.24) is 4.90 Å². The second kappa shape index (κ2) is 9.38. The van der Waals surface area contributed by atoms with Gasteiger partial charge < -0.3 is 4.74 Å². The number of hydrogen-bond acceptors (Lipinski definition) is 2. The average Bonchev–Trinajstić information content (AvgIpc) is 3.17. The Hall–Kier alpha value is -2.42. The second-order valence-corrected chi connectivity index (χ2v) is 8.92. The molecule has 1 aliphatic heterocycles. The maximum atomic E-state index is 5.52. The van der Waals surface area contributed by atoms with E-state index < -0.39 is 0 Å². The van der Waals surface area contributed by atoms with E-state index in [0.717, 1.165) is 58.5 Å². The molecule has 31 heavy (non-hydrogen) atoms. The molecule has 2 aromatic carbocycles. The van der Waals surface area contributed by atoms with E-state index in [2.05, 4.69) is 72.5 Å². The van der Waals surface area contributed by atoms with Crippen LogP contribution in [0.2, 0.25) is 0 Å². The molecule has 1 heterocycles. The first-order chi connectivity index (χ1) is 15.3. The van der Waals surface area contributed by atoms with Gasteiger partial charge in [0.2, 0.25) is 0 Å². The van der Waals surface area contributed by atoms with E-state index in [1.807, 2.05) is 0 Å². The maximum Gasteiger partial charge on any atom is 0.0594 e. The molecular formula is C29H33NO. The van der Waals surface area contributed by atoms with Gasteiger partial charge in [-0.1, -0.05) is 68.0 Å². The Labute approximate surface area is 186 Å². The molecule has 0 bridgehead atoms. The Balaban J connectivity index is 1.47. The minimum Gasteiger partial charge on any atom is -0.379 e. The predicted molar refractivity (Wildman–Crippen MR) is 131 cm³/mol. The van der Waals surface area contributed by atoms with Crippen molar-refractivity contribution in [2.45, 2.75) is 39.0 Å². The Morgan fingerprint density at radius 3 is 2.48 bits per heavy atom. The lowest BCUT2D eigenvalue weighted by molar-refractivity contribution is 0.0385. The fraction of sp³-hybridized carbons (Fsp3) is 0.379. The van der Waals surface area contributed by atoms with E-state index in [-0.39, 0.29) is 0 Å². The van der Waals surface area contributed by atoms with Gasteiger partial charge in [0.15, 0.2) is 0 Å². The molecule has 0 atom stereocenters. The van der Waals surface area contributed by atoms with Crippen LogP contribution in [0.5, 0.6) is 0 Å². The highest BCUT2D eigenvalue weighted by molar-refractivity contribution is 5.94. The summed E-state index contributed by atoms with van der Waals surface area (Å²) in [5, 5.41) is 2.79. The third kappa shape index (κ3) is 4.33. The maximum absolute atomic E-state index is 5.52. The van der Waals surface area contributed by atoms with E-state index in [1.165, 1.54) is 33.9 Å². The standard InChI is InChI=1S/C29H33NO/c1-2-7-22-12-13-23(27-9-4-3-8-26(22)27)20-25-21-24(28-10-5-6-11-29(25)28)14-15-30-16-18-31-19-17-30/h3-6,8-9,12-13,20-21H,2,7,10-11,14-19H2,1H3/b25-20+. The molecule has 0 amide bonds. The summed E-state index contributed by atoms with van der Waals surface area (Å²) < 4.78 is 5.52. The predicted octanol–water partition coefficient (Wildman–Crippen LogP) is 6.48. The van der Waals surface area contributed by atoms with Crippen LogP contribution in [-0.4, -0.2) is 37.7 Å². The largest absolute Gasteiger partial charge is 0.379 e. The van der Waals surface area contributed by atoms with Crippen LogP contribution in [0.1, 0.15) is 43.7 Å². The molecule has 1 saturated heterocycles. The average molecular weight is 412 g/mol. The number of allylic oxidation sites excluding steroid dienone is 6. The zero-order valence-corrected chi connectivity index (χ0v) is 18.7. The lowest BCUT2D eigenvalue weighted by Crippen LogP contribution is -2.36. The number of ether oxygens (including phenoxy) is 1. The van der Waals surface area contributed by atoms with E-state index in [1.54, 1.807) is 16.7 Å².